The van der Waals surface area contributed by atoms with Gasteiger partial charge in [-0.15, -0.1) is 0 Å². The molecule has 0 radical (unpaired) electrons. The Labute approximate surface area is 118 Å². The molecule has 114 valence electrons. The van der Waals surface area contributed by atoms with Gasteiger partial charge in [-0.3, -0.25) is 14.9 Å². The van der Waals surface area contributed by atoms with E-state index < -0.39 is 56.6 Å². The van der Waals surface area contributed by atoms with Gasteiger partial charge in [-0.25, -0.2) is 17.6 Å². The SMILES string of the molecule is O=C(c1ccccc1F)c1c(F)c(F)c(F)c(F)c1[N+](=O)[O-]. The van der Waals surface area contributed by atoms with Crippen molar-refractivity contribution < 1.29 is 31.7 Å². The van der Waals surface area contributed by atoms with E-state index in [1.165, 1.54) is 6.07 Å². The van der Waals surface area contributed by atoms with E-state index in [1.807, 2.05) is 0 Å². The first-order chi connectivity index (χ1) is 10.3. The molecule has 0 amide bonds. The van der Waals surface area contributed by atoms with Gasteiger partial charge in [0.05, 0.1) is 10.5 Å². The normalized spacial score (nSPS) is 10.6. The van der Waals surface area contributed by atoms with Crippen LogP contribution in [0.3, 0.4) is 0 Å². The maximum atomic E-state index is 13.7. The van der Waals surface area contributed by atoms with E-state index in [-0.39, 0.29) is 0 Å². The number of halogens is 5. The van der Waals surface area contributed by atoms with Crippen molar-refractivity contribution in [1.29, 1.82) is 0 Å². The summed E-state index contributed by atoms with van der Waals surface area (Å²) in [5, 5.41) is 10.7. The highest BCUT2D eigenvalue weighted by atomic mass is 19.2. The molecule has 0 spiro atoms. The molecule has 2 rings (SSSR count). The highest BCUT2D eigenvalue weighted by Gasteiger charge is 2.37. The maximum absolute atomic E-state index is 13.7. The predicted molar refractivity (Wildman–Crippen MR) is 62.8 cm³/mol. The second kappa shape index (κ2) is 5.51. The summed E-state index contributed by atoms with van der Waals surface area (Å²) in [6.07, 6.45) is 0. The number of hydrogen-bond acceptors (Lipinski definition) is 3. The highest BCUT2D eigenvalue weighted by molar-refractivity contribution is 6.11. The van der Waals surface area contributed by atoms with Crippen LogP contribution in [-0.4, -0.2) is 10.7 Å². The van der Waals surface area contributed by atoms with Crippen molar-refractivity contribution in [2.24, 2.45) is 0 Å². The molecule has 0 saturated carbocycles. The van der Waals surface area contributed by atoms with E-state index >= 15 is 0 Å². The van der Waals surface area contributed by atoms with E-state index in [2.05, 4.69) is 0 Å². The molecule has 0 bridgehead atoms. The largest absolute Gasteiger partial charge is 0.322 e. The molecule has 0 aliphatic rings. The molecule has 0 unspecified atom stereocenters. The van der Waals surface area contributed by atoms with Crippen molar-refractivity contribution in [1.82, 2.24) is 0 Å². The van der Waals surface area contributed by atoms with Gasteiger partial charge in [-0.2, -0.15) is 4.39 Å². The fourth-order valence-corrected chi connectivity index (χ4v) is 1.78. The summed E-state index contributed by atoms with van der Waals surface area (Å²) < 4.78 is 66.9. The molecule has 0 N–H and O–H groups in total. The van der Waals surface area contributed by atoms with Gasteiger partial charge in [0.1, 0.15) is 11.4 Å². The Hall–Kier alpha value is -2.84. The number of carbonyl (C=O) groups excluding carboxylic acids is 1. The van der Waals surface area contributed by atoms with Crippen LogP contribution in [0, 0.1) is 39.2 Å². The molecule has 0 heterocycles. The average Bonchev–Trinajstić information content (AvgIpc) is 2.48. The van der Waals surface area contributed by atoms with Crippen molar-refractivity contribution in [2.75, 3.05) is 0 Å². The predicted octanol–water partition coefficient (Wildman–Crippen LogP) is 3.52. The van der Waals surface area contributed by atoms with Crippen LogP contribution in [0.15, 0.2) is 24.3 Å². The summed E-state index contributed by atoms with van der Waals surface area (Å²) in [4.78, 5) is 21.1. The summed E-state index contributed by atoms with van der Waals surface area (Å²) >= 11 is 0. The van der Waals surface area contributed by atoms with Crippen molar-refractivity contribution in [3.8, 4) is 0 Å². The number of nitrogens with zero attached hydrogens (tertiary/aromatic N) is 1. The van der Waals surface area contributed by atoms with Crippen LogP contribution in [0.25, 0.3) is 0 Å². The minimum atomic E-state index is -2.44. The van der Waals surface area contributed by atoms with E-state index in [9.17, 15) is 36.9 Å². The Balaban J connectivity index is 2.83. The molecule has 22 heavy (non-hydrogen) atoms. The van der Waals surface area contributed by atoms with Crippen LogP contribution < -0.4 is 0 Å². The van der Waals surface area contributed by atoms with E-state index in [4.69, 9.17) is 0 Å². The van der Waals surface area contributed by atoms with Gasteiger partial charge >= 0.3 is 5.69 Å². The molecule has 0 fully saturated rings. The van der Waals surface area contributed by atoms with Gasteiger partial charge in [0, 0.05) is 0 Å². The van der Waals surface area contributed by atoms with Crippen LogP contribution >= 0.6 is 0 Å². The number of ketones is 1. The minimum Gasteiger partial charge on any atom is -0.288 e. The standard InChI is InChI=1S/C13H4F5NO3/c14-6-4-2-1-3-5(6)13(20)7-8(15)9(16)10(17)11(18)12(7)19(21)22/h1-4H. The molecule has 2 aromatic rings. The Morgan fingerprint density at radius 3 is 2.00 bits per heavy atom. The third kappa shape index (κ3) is 2.30. The summed E-state index contributed by atoms with van der Waals surface area (Å²) in [5.74, 6) is -12.3. The highest BCUT2D eigenvalue weighted by Crippen LogP contribution is 2.32. The molecule has 4 nitrogen and oxygen atoms in total. The molecule has 2 aromatic carbocycles. The zero-order valence-electron chi connectivity index (χ0n) is 10.4. The Morgan fingerprint density at radius 1 is 0.909 bits per heavy atom. The molecular formula is C13H4F5NO3. The molecule has 0 saturated heterocycles. The van der Waals surface area contributed by atoms with Crippen LogP contribution in [-0.2, 0) is 0 Å². The lowest BCUT2D eigenvalue weighted by Gasteiger charge is -2.07. The number of carbonyl (C=O) groups is 1. The van der Waals surface area contributed by atoms with Gasteiger partial charge in [0.25, 0.3) is 0 Å². The molecule has 0 aliphatic carbocycles. The fraction of sp³-hybridized carbons (Fsp3) is 0. The number of nitro groups is 1. The lowest BCUT2D eigenvalue weighted by molar-refractivity contribution is -0.388. The molecular weight excluding hydrogens is 313 g/mol. The van der Waals surface area contributed by atoms with Crippen LogP contribution in [0.5, 0.6) is 0 Å². The number of rotatable bonds is 3. The van der Waals surface area contributed by atoms with Crippen molar-refractivity contribution in [2.45, 2.75) is 0 Å². The Morgan fingerprint density at radius 2 is 1.45 bits per heavy atom. The smallest absolute Gasteiger partial charge is 0.288 e. The lowest BCUT2D eigenvalue weighted by atomic mass is 10.00. The first kappa shape index (κ1) is 15.5. The third-order valence-electron chi connectivity index (χ3n) is 2.77. The number of hydrogen-bond donors (Lipinski definition) is 0. The lowest BCUT2D eigenvalue weighted by Crippen LogP contribution is -2.15. The summed E-state index contributed by atoms with van der Waals surface area (Å²) in [6, 6.07) is 3.94. The van der Waals surface area contributed by atoms with Crippen LogP contribution in [0.4, 0.5) is 27.6 Å². The summed E-state index contributed by atoms with van der Waals surface area (Å²) in [5.41, 5.74) is -4.44. The van der Waals surface area contributed by atoms with E-state index in [0.29, 0.717) is 0 Å². The number of nitro benzene ring substituents is 1. The van der Waals surface area contributed by atoms with Crippen molar-refractivity contribution in [3.05, 3.63) is 74.6 Å². The zero-order chi connectivity index (χ0) is 16.6. The molecule has 0 aromatic heterocycles. The summed E-state index contributed by atoms with van der Waals surface area (Å²) in [7, 11) is 0. The second-order valence-corrected chi connectivity index (χ2v) is 4.05. The minimum absolute atomic E-state index is 0.785. The molecule has 9 heteroatoms. The quantitative estimate of drug-likeness (QED) is 0.217. The van der Waals surface area contributed by atoms with E-state index in [1.54, 1.807) is 0 Å². The zero-order valence-corrected chi connectivity index (χ0v) is 10.4. The molecule has 0 aliphatic heterocycles. The molecule has 0 atom stereocenters. The van der Waals surface area contributed by atoms with Gasteiger partial charge < -0.3 is 0 Å². The van der Waals surface area contributed by atoms with Crippen LogP contribution in [0.2, 0.25) is 0 Å². The summed E-state index contributed by atoms with van der Waals surface area (Å²) in [6.45, 7) is 0. The number of benzene rings is 2. The fourth-order valence-electron chi connectivity index (χ4n) is 1.78. The third-order valence-corrected chi connectivity index (χ3v) is 2.77. The second-order valence-electron chi connectivity index (χ2n) is 4.05. The maximum Gasteiger partial charge on any atom is 0.322 e. The van der Waals surface area contributed by atoms with E-state index in [0.717, 1.165) is 18.2 Å². The average molecular weight is 317 g/mol. The van der Waals surface area contributed by atoms with Crippen molar-refractivity contribution >= 4 is 11.5 Å². The van der Waals surface area contributed by atoms with Gasteiger partial charge in [-0.05, 0) is 12.1 Å². The van der Waals surface area contributed by atoms with Crippen molar-refractivity contribution in [3.63, 3.8) is 0 Å². The first-order valence-electron chi connectivity index (χ1n) is 5.57. The monoisotopic (exact) mass is 317 g/mol. The van der Waals surface area contributed by atoms with Gasteiger partial charge in [0.2, 0.25) is 17.4 Å². The van der Waals surface area contributed by atoms with Gasteiger partial charge in [-0.1, -0.05) is 12.1 Å². The Kier molecular flexibility index (Phi) is 3.89. The van der Waals surface area contributed by atoms with Crippen LogP contribution in [0.1, 0.15) is 15.9 Å². The Bertz CT molecular complexity index is 807. The topological polar surface area (TPSA) is 60.2 Å². The van der Waals surface area contributed by atoms with Gasteiger partial charge in [0.15, 0.2) is 11.6 Å². The first-order valence-corrected chi connectivity index (χ1v) is 5.57.